The molecule has 3 rings (SSSR count). The van der Waals surface area contributed by atoms with Gasteiger partial charge in [-0.2, -0.15) is 0 Å². The molecule has 4 nitrogen and oxygen atoms in total. The highest BCUT2D eigenvalue weighted by Crippen LogP contribution is 2.21. The number of nitrogens with zero attached hydrogens (tertiary/aromatic N) is 3. The number of piperazine rings is 1. The highest BCUT2D eigenvalue weighted by Gasteiger charge is 2.17. The third kappa shape index (κ3) is 5.48. The van der Waals surface area contributed by atoms with Gasteiger partial charge in [-0.1, -0.05) is 30.3 Å². The normalized spacial score (nSPS) is 15.6. The molecule has 0 N–H and O–H groups in total. The molecule has 0 atom stereocenters. The van der Waals surface area contributed by atoms with Crippen molar-refractivity contribution in [1.29, 1.82) is 0 Å². The molecule has 0 unspecified atom stereocenters. The van der Waals surface area contributed by atoms with Crippen molar-refractivity contribution in [1.82, 2.24) is 9.80 Å². The fraction of sp³-hybridized carbons (Fsp3) is 0.429. The van der Waals surface area contributed by atoms with Crippen LogP contribution in [0.3, 0.4) is 0 Å². The van der Waals surface area contributed by atoms with Gasteiger partial charge >= 0.3 is 0 Å². The van der Waals surface area contributed by atoms with Crippen molar-refractivity contribution < 1.29 is 4.74 Å². The lowest BCUT2D eigenvalue weighted by Gasteiger charge is -2.36. The SMILES string of the molecule is CN(C)CCOc1ccc(N2CCN(Cc3ccccc3)CC2)cc1. The van der Waals surface area contributed by atoms with Gasteiger partial charge in [0.05, 0.1) is 0 Å². The lowest BCUT2D eigenvalue weighted by Crippen LogP contribution is -2.45. The Labute approximate surface area is 151 Å². The predicted molar refractivity (Wildman–Crippen MR) is 104 cm³/mol. The third-order valence-electron chi connectivity index (χ3n) is 4.63. The van der Waals surface area contributed by atoms with Crippen LogP contribution in [-0.4, -0.2) is 63.2 Å². The van der Waals surface area contributed by atoms with E-state index < -0.39 is 0 Å². The van der Waals surface area contributed by atoms with E-state index in [1.54, 1.807) is 0 Å². The van der Waals surface area contributed by atoms with E-state index in [2.05, 4.69) is 83.4 Å². The van der Waals surface area contributed by atoms with Crippen LogP contribution in [0, 0.1) is 0 Å². The Hall–Kier alpha value is -2.04. The van der Waals surface area contributed by atoms with Gasteiger partial charge in [-0.15, -0.1) is 0 Å². The largest absolute Gasteiger partial charge is 0.492 e. The van der Waals surface area contributed by atoms with Gasteiger partial charge in [-0.25, -0.2) is 0 Å². The van der Waals surface area contributed by atoms with Crippen molar-refractivity contribution in [3.05, 3.63) is 60.2 Å². The topological polar surface area (TPSA) is 19.0 Å². The minimum absolute atomic E-state index is 0.727. The second-order valence-electron chi connectivity index (χ2n) is 6.89. The first-order chi connectivity index (χ1) is 12.2. The quantitative estimate of drug-likeness (QED) is 0.772. The molecule has 25 heavy (non-hydrogen) atoms. The Bertz CT molecular complexity index is 619. The zero-order valence-corrected chi connectivity index (χ0v) is 15.4. The zero-order valence-electron chi connectivity index (χ0n) is 15.4. The van der Waals surface area contributed by atoms with E-state index in [1.807, 2.05) is 0 Å². The molecular weight excluding hydrogens is 310 g/mol. The Morgan fingerprint density at radius 3 is 2.20 bits per heavy atom. The van der Waals surface area contributed by atoms with Gasteiger partial charge < -0.3 is 14.5 Å². The average molecular weight is 339 g/mol. The summed E-state index contributed by atoms with van der Waals surface area (Å²) in [6.45, 7) is 7.08. The molecule has 1 fully saturated rings. The number of anilines is 1. The van der Waals surface area contributed by atoms with Gasteiger partial charge in [0.25, 0.3) is 0 Å². The number of benzene rings is 2. The molecule has 4 heteroatoms. The van der Waals surface area contributed by atoms with Gasteiger partial charge in [-0.3, -0.25) is 4.90 Å². The molecule has 134 valence electrons. The van der Waals surface area contributed by atoms with E-state index in [0.717, 1.165) is 51.6 Å². The first-order valence-electron chi connectivity index (χ1n) is 9.09. The molecule has 0 aromatic heterocycles. The molecule has 0 spiro atoms. The summed E-state index contributed by atoms with van der Waals surface area (Å²) >= 11 is 0. The molecule has 2 aromatic carbocycles. The zero-order chi connectivity index (χ0) is 17.5. The average Bonchev–Trinajstić information content (AvgIpc) is 2.64. The number of hydrogen-bond donors (Lipinski definition) is 0. The molecule has 0 amide bonds. The maximum atomic E-state index is 5.77. The Balaban J connectivity index is 1.46. The Kier molecular flexibility index (Phi) is 6.31. The standard InChI is InChI=1S/C21H29N3O/c1-22(2)16-17-25-21-10-8-20(9-11-21)24-14-12-23(13-15-24)18-19-6-4-3-5-7-19/h3-11H,12-18H2,1-2H3. The van der Waals surface area contributed by atoms with Crippen molar-refractivity contribution in [2.24, 2.45) is 0 Å². The van der Waals surface area contributed by atoms with Gasteiger partial charge in [0.2, 0.25) is 0 Å². The highest BCUT2D eigenvalue weighted by molar-refractivity contribution is 5.49. The molecule has 1 aliphatic rings. The van der Waals surface area contributed by atoms with Crippen molar-refractivity contribution in [3.63, 3.8) is 0 Å². The van der Waals surface area contributed by atoms with E-state index >= 15 is 0 Å². The maximum absolute atomic E-state index is 5.77. The molecule has 0 aliphatic carbocycles. The van der Waals surface area contributed by atoms with Gasteiger partial charge in [-0.05, 0) is 43.9 Å². The second-order valence-corrected chi connectivity index (χ2v) is 6.89. The predicted octanol–water partition coefficient (Wildman–Crippen LogP) is 2.95. The van der Waals surface area contributed by atoms with Crippen LogP contribution >= 0.6 is 0 Å². The molecular formula is C21H29N3O. The maximum Gasteiger partial charge on any atom is 0.119 e. The fourth-order valence-electron chi connectivity index (χ4n) is 3.11. The first kappa shape index (κ1) is 17.8. The van der Waals surface area contributed by atoms with E-state index in [4.69, 9.17) is 4.74 Å². The van der Waals surface area contributed by atoms with Crippen molar-refractivity contribution in [2.75, 3.05) is 58.3 Å². The summed E-state index contributed by atoms with van der Waals surface area (Å²) in [6.07, 6.45) is 0. The number of likely N-dealkylation sites (N-methyl/N-ethyl adjacent to an activating group) is 1. The van der Waals surface area contributed by atoms with E-state index in [-0.39, 0.29) is 0 Å². The Morgan fingerprint density at radius 2 is 1.56 bits per heavy atom. The summed E-state index contributed by atoms with van der Waals surface area (Å²) in [4.78, 5) is 7.12. The van der Waals surface area contributed by atoms with Crippen LogP contribution in [0.4, 0.5) is 5.69 Å². The van der Waals surface area contributed by atoms with Crippen molar-refractivity contribution in [3.8, 4) is 5.75 Å². The van der Waals surface area contributed by atoms with Crippen LogP contribution < -0.4 is 9.64 Å². The lowest BCUT2D eigenvalue weighted by molar-refractivity contribution is 0.249. The van der Waals surface area contributed by atoms with Crippen LogP contribution in [0.15, 0.2) is 54.6 Å². The fourth-order valence-corrected chi connectivity index (χ4v) is 3.11. The summed E-state index contributed by atoms with van der Waals surface area (Å²) in [5, 5.41) is 0. The lowest BCUT2D eigenvalue weighted by atomic mass is 10.2. The van der Waals surface area contributed by atoms with E-state index in [1.165, 1.54) is 11.3 Å². The molecule has 0 bridgehead atoms. The minimum atomic E-state index is 0.727. The van der Waals surface area contributed by atoms with Crippen LogP contribution in [-0.2, 0) is 6.54 Å². The van der Waals surface area contributed by atoms with Gasteiger partial charge in [0, 0.05) is 45.0 Å². The van der Waals surface area contributed by atoms with Crippen LogP contribution in [0.2, 0.25) is 0 Å². The number of ether oxygens (including phenoxy) is 1. The summed E-state index contributed by atoms with van der Waals surface area (Å²) in [7, 11) is 4.12. The Morgan fingerprint density at radius 1 is 0.880 bits per heavy atom. The first-order valence-corrected chi connectivity index (χ1v) is 9.09. The van der Waals surface area contributed by atoms with Crippen LogP contribution in [0.25, 0.3) is 0 Å². The molecule has 0 saturated carbocycles. The highest BCUT2D eigenvalue weighted by atomic mass is 16.5. The minimum Gasteiger partial charge on any atom is -0.492 e. The molecule has 0 radical (unpaired) electrons. The summed E-state index contributed by atoms with van der Waals surface area (Å²) in [5.41, 5.74) is 2.69. The summed E-state index contributed by atoms with van der Waals surface area (Å²) in [5.74, 6) is 0.952. The number of hydrogen-bond acceptors (Lipinski definition) is 4. The van der Waals surface area contributed by atoms with E-state index in [9.17, 15) is 0 Å². The van der Waals surface area contributed by atoms with Gasteiger partial charge in [0.15, 0.2) is 0 Å². The van der Waals surface area contributed by atoms with Crippen molar-refractivity contribution in [2.45, 2.75) is 6.54 Å². The number of rotatable bonds is 7. The second kappa shape index (κ2) is 8.88. The monoisotopic (exact) mass is 339 g/mol. The molecule has 1 aliphatic heterocycles. The molecule has 2 aromatic rings. The van der Waals surface area contributed by atoms with Gasteiger partial charge in [0.1, 0.15) is 12.4 Å². The van der Waals surface area contributed by atoms with Crippen LogP contribution in [0.5, 0.6) is 5.75 Å². The molecule has 1 heterocycles. The summed E-state index contributed by atoms with van der Waals surface area (Å²) in [6, 6.07) is 19.3. The van der Waals surface area contributed by atoms with E-state index in [0.29, 0.717) is 0 Å². The smallest absolute Gasteiger partial charge is 0.119 e. The van der Waals surface area contributed by atoms with Crippen molar-refractivity contribution >= 4 is 5.69 Å². The van der Waals surface area contributed by atoms with Crippen LogP contribution in [0.1, 0.15) is 5.56 Å². The molecule has 1 saturated heterocycles. The summed E-state index contributed by atoms with van der Waals surface area (Å²) < 4.78 is 5.77. The third-order valence-corrected chi connectivity index (χ3v) is 4.63.